The molecular weight excluding hydrogens is 604 g/mol. The van der Waals surface area contributed by atoms with Gasteiger partial charge in [-0.2, -0.15) is 26.3 Å². The largest absolute Gasteiger partial charge is 0.416 e. The van der Waals surface area contributed by atoms with Gasteiger partial charge in [-0.25, -0.2) is 0 Å². The fourth-order valence-electron chi connectivity index (χ4n) is 6.46. The molecule has 2 aromatic carbocycles. The first-order chi connectivity index (χ1) is 21.1. The van der Waals surface area contributed by atoms with Crippen molar-refractivity contribution in [2.24, 2.45) is 11.8 Å². The summed E-state index contributed by atoms with van der Waals surface area (Å²) in [5, 5.41) is 9.14. The average molecular weight is 642 g/mol. The number of carbonyl (C=O) groups excluding carboxylic acids is 3. The first-order valence-electron chi connectivity index (χ1n) is 14.9. The topological polar surface area (TPSA) is 81.2 Å². The number of halogens is 6. The van der Waals surface area contributed by atoms with Gasteiger partial charge < -0.3 is 19.8 Å². The first kappa shape index (κ1) is 34.3. The zero-order valence-electron chi connectivity index (χ0n) is 25.1. The molecule has 2 atom stereocenters. The number of aliphatic hydroxyl groups is 1. The number of alkyl halides is 6. The standard InChI is InChI=1S/C32H37F6N3O4/c1-3-21-6-4-5-7-25(21)27-18-41(29(44)22-8-11-40(12-9-22)28(43)19-42)13-10-26(27)30(45)39(2)17-20-14-23(31(33,34)35)16-24(15-20)32(36,37)38/h4-7,14-16,22,26-27,42H,3,8-13,17-19H2,1-2H3/t26-,27+/m0/s1. The van der Waals surface area contributed by atoms with Gasteiger partial charge in [0, 0.05) is 57.5 Å². The Hall–Kier alpha value is -3.61. The Morgan fingerprint density at radius 3 is 2.02 bits per heavy atom. The van der Waals surface area contributed by atoms with Crippen LogP contribution in [0, 0.1) is 11.8 Å². The van der Waals surface area contributed by atoms with Crippen molar-refractivity contribution >= 4 is 17.7 Å². The highest BCUT2D eigenvalue weighted by molar-refractivity contribution is 5.83. The molecule has 0 aromatic heterocycles. The van der Waals surface area contributed by atoms with Crippen LogP contribution in [0.25, 0.3) is 0 Å². The van der Waals surface area contributed by atoms with Crippen molar-refractivity contribution in [1.82, 2.24) is 14.7 Å². The lowest BCUT2D eigenvalue weighted by Gasteiger charge is -2.42. The maximum Gasteiger partial charge on any atom is 0.416 e. The van der Waals surface area contributed by atoms with E-state index in [1.54, 1.807) is 4.90 Å². The summed E-state index contributed by atoms with van der Waals surface area (Å²) < 4.78 is 80.6. The molecule has 45 heavy (non-hydrogen) atoms. The van der Waals surface area contributed by atoms with Gasteiger partial charge in [0.1, 0.15) is 6.61 Å². The fraction of sp³-hybridized carbons (Fsp3) is 0.531. The molecule has 0 unspecified atom stereocenters. The van der Waals surface area contributed by atoms with E-state index in [-0.39, 0.29) is 48.9 Å². The van der Waals surface area contributed by atoms with Crippen molar-refractivity contribution in [2.75, 3.05) is 39.8 Å². The van der Waals surface area contributed by atoms with Gasteiger partial charge >= 0.3 is 12.4 Å². The molecule has 4 rings (SSSR count). The number of aliphatic hydroxyl groups excluding tert-OH is 1. The smallest absolute Gasteiger partial charge is 0.387 e. The molecule has 13 heteroatoms. The number of rotatable bonds is 7. The molecule has 7 nitrogen and oxygen atoms in total. The number of hydrogen-bond acceptors (Lipinski definition) is 4. The third-order valence-corrected chi connectivity index (χ3v) is 8.85. The lowest BCUT2D eigenvalue weighted by molar-refractivity contribution is -0.145. The molecule has 2 saturated heterocycles. The van der Waals surface area contributed by atoms with Gasteiger partial charge in [-0.05, 0) is 60.6 Å². The minimum Gasteiger partial charge on any atom is -0.387 e. The van der Waals surface area contributed by atoms with Crippen molar-refractivity contribution in [3.8, 4) is 0 Å². The molecule has 0 aliphatic carbocycles. The molecule has 246 valence electrons. The highest BCUT2D eigenvalue weighted by atomic mass is 19.4. The molecule has 0 saturated carbocycles. The summed E-state index contributed by atoms with van der Waals surface area (Å²) in [7, 11) is 1.36. The van der Waals surface area contributed by atoms with E-state index in [1.165, 1.54) is 11.9 Å². The maximum atomic E-state index is 13.9. The van der Waals surface area contributed by atoms with E-state index >= 15 is 0 Å². The number of nitrogens with zero attached hydrogens (tertiary/aromatic N) is 3. The third-order valence-electron chi connectivity index (χ3n) is 8.85. The number of amides is 3. The average Bonchev–Trinajstić information content (AvgIpc) is 3.02. The highest BCUT2D eigenvalue weighted by Gasteiger charge is 2.41. The molecule has 2 aliphatic rings. The van der Waals surface area contributed by atoms with Crippen LogP contribution in [-0.2, 0) is 39.7 Å². The lowest BCUT2D eigenvalue weighted by Crippen LogP contribution is -2.51. The first-order valence-corrected chi connectivity index (χ1v) is 14.9. The zero-order chi connectivity index (χ0) is 33.1. The van der Waals surface area contributed by atoms with Crippen molar-refractivity contribution in [3.05, 3.63) is 70.3 Å². The van der Waals surface area contributed by atoms with E-state index in [4.69, 9.17) is 5.11 Å². The summed E-state index contributed by atoms with van der Waals surface area (Å²) in [6.07, 6.45) is -8.20. The fourth-order valence-corrected chi connectivity index (χ4v) is 6.46. The SMILES string of the molecule is CCc1ccccc1[C@H]1CN(C(=O)C2CCN(C(=O)CO)CC2)CC[C@@H]1C(=O)N(C)Cc1cc(C(F)(F)F)cc(C(F)(F)F)c1. The normalized spacial score (nSPS) is 19.8. The predicted molar refractivity (Wildman–Crippen MR) is 153 cm³/mol. The van der Waals surface area contributed by atoms with Crippen LogP contribution in [0.5, 0.6) is 0 Å². The molecule has 0 radical (unpaired) electrons. The van der Waals surface area contributed by atoms with E-state index in [0.717, 1.165) is 16.0 Å². The Morgan fingerprint density at radius 1 is 0.889 bits per heavy atom. The third kappa shape index (κ3) is 7.98. The van der Waals surface area contributed by atoms with Crippen LogP contribution in [0.15, 0.2) is 42.5 Å². The van der Waals surface area contributed by atoms with Crippen LogP contribution < -0.4 is 0 Å². The van der Waals surface area contributed by atoms with Crippen molar-refractivity contribution < 1.29 is 45.8 Å². The van der Waals surface area contributed by atoms with Crippen LogP contribution in [0.4, 0.5) is 26.3 Å². The summed E-state index contributed by atoms with van der Waals surface area (Å²) in [4.78, 5) is 43.7. The van der Waals surface area contributed by atoms with Gasteiger partial charge in [0.25, 0.3) is 0 Å². The van der Waals surface area contributed by atoms with Gasteiger partial charge in [-0.1, -0.05) is 31.2 Å². The van der Waals surface area contributed by atoms with Gasteiger partial charge in [0.2, 0.25) is 17.7 Å². The summed E-state index contributed by atoms with van der Waals surface area (Å²) in [5.41, 5.74) is -1.34. The summed E-state index contributed by atoms with van der Waals surface area (Å²) in [6.45, 7) is 2.08. The number of piperidine rings is 2. The summed E-state index contributed by atoms with van der Waals surface area (Å²) >= 11 is 0. The minimum atomic E-state index is -5.00. The summed E-state index contributed by atoms with van der Waals surface area (Å²) in [6, 6.07) is 8.83. The zero-order valence-corrected chi connectivity index (χ0v) is 25.1. The second-order valence-corrected chi connectivity index (χ2v) is 11.8. The number of carbonyl (C=O) groups is 3. The van der Waals surface area contributed by atoms with Crippen molar-refractivity contribution in [3.63, 3.8) is 0 Å². The molecule has 0 bridgehead atoms. The van der Waals surface area contributed by atoms with Crippen LogP contribution in [0.1, 0.15) is 59.9 Å². The molecule has 2 aliphatic heterocycles. The second kappa shape index (κ2) is 13.8. The number of aryl methyl sites for hydroxylation is 1. The molecule has 2 aromatic rings. The number of hydrogen-bond donors (Lipinski definition) is 1. The molecule has 0 spiro atoms. The Bertz CT molecular complexity index is 1360. The van der Waals surface area contributed by atoms with E-state index in [0.29, 0.717) is 44.5 Å². The molecule has 2 heterocycles. The Labute approximate surface area is 257 Å². The van der Waals surface area contributed by atoms with E-state index in [2.05, 4.69) is 0 Å². The van der Waals surface area contributed by atoms with Crippen molar-refractivity contribution in [2.45, 2.75) is 57.4 Å². The minimum absolute atomic E-state index is 0.0596. The molecular formula is C32H37F6N3O4. The highest BCUT2D eigenvalue weighted by Crippen LogP contribution is 2.39. The van der Waals surface area contributed by atoms with Gasteiger partial charge in [0.05, 0.1) is 11.1 Å². The number of benzene rings is 2. The number of likely N-dealkylation sites (tertiary alicyclic amines) is 2. The second-order valence-electron chi connectivity index (χ2n) is 11.8. The van der Waals surface area contributed by atoms with Crippen LogP contribution in [-0.4, -0.2) is 77.4 Å². The van der Waals surface area contributed by atoms with E-state index < -0.39 is 54.4 Å². The van der Waals surface area contributed by atoms with Crippen LogP contribution >= 0.6 is 0 Å². The Morgan fingerprint density at radius 2 is 1.47 bits per heavy atom. The monoisotopic (exact) mass is 641 g/mol. The van der Waals surface area contributed by atoms with Gasteiger partial charge in [-0.15, -0.1) is 0 Å². The molecule has 2 fully saturated rings. The quantitative estimate of drug-likeness (QED) is 0.427. The Balaban J connectivity index is 1.57. The van der Waals surface area contributed by atoms with Crippen LogP contribution in [0.3, 0.4) is 0 Å². The van der Waals surface area contributed by atoms with Gasteiger partial charge in [-0.3, -0.25) is 14.4 Å². The lowest BCUT2D eigenvalue weighted by atomic mass is 9.77. The Kier molecular flexibility index (Phi) is 10.5. The van der Waals surface area contributed by atoms with Gasteiger partial charge in [0.15, 0.2) is 0 Å². The molecule has 3 amide bonds. The van der Waals surface area contributed by atoms with E-state index in [9.17, 15) is 40.7 Å². The maximum absolute atomic E-state index is 13.9. The predicted octanol–water partition coefficient (Wildman–Crippen LogP) is 5.11. The van der Waals surface area contributed by atoms with E-state index in [1.807, 2.05) is 31.2 Å². The van der Waals surface area contributed by atoms with Crippen LogP contribution in [0.2, 0.25) is 0 Å². The van der Waals surface area contributed by atoms with Crippen molar-refractivity contribution in [1.29, 1.82) is 0 Å². The summed E-state index contributed by atoms with van der Waals surface area (Å²) in [5.74, 6) is -2.35. The molecule has 1 N–H and O–H groups in total.